The Kier molecular flexibility index (Phi) is 6.32. The van der Waals surface area contributed by atoms with Gasteiger partial charge in [0.15, 0.2) is 11.5 Å². The maximum atomic E-state index is 12.6. The van der Waals surface area contributed by atoms with Crippen molar-refractivity contribution in [1.29, 1.82) is 5.26 Å². The molecule has 1 aliphatic rings. The van der Waals surface area contributed by atoms with Crippen molar-refractivity contribution in [3.05, 3.63) is 52.2 Å². The first kappa shape index (κ1) is 19.9. The third-order valence-corrected chi connectivity index (χ3v) is 5.44. The first-order chi connectivity index (χ1) is 13.5. The summed E-state index contributed by atoms with van der Waals surface area (Å²) in [6.45, 7) is 3.95. The number of carbonyl (C=O) groups excluding carboxylic acids is 1. The van der Waals surface area contributed by atoms with Crippen LogP contribution >= 0.6 is 11.6 Å². The number of aromatic nitrogens is 2. The monoisotopic (exact) mass is 398 g/mol. The summed E-state index contributed by atoms with van der Waals surface area (Å²) in [6.07, 6.45) is 1.89. The average Bonchev–Trinajstić information content (AvgIpc) is 2.74. The number of amides is 2. The van der Waals surface area contributed by atoms with Crippen LogP contribution in [0.5, 0.6) is 0 Å². The zero-order valence-electron chi connectivity index (χ0n) is 16.0. The van der Waals surface area contributed by atoms with E-state index in [1.54, 1.807) is 17.0 Å². The number of aryl methyl sites for hydroxylation is 1. The summed E-state index contributed by atoms with van der Waals surface area (Å²) in [7, 11) is 1.82. The molecule has 1 saturated heterocycles. The average molecular weight is 399 g/mol. The standard InChI is InChI=1S/C20H23ClN6O/c1-14-10-15(5-7-18(14)21)12-23-20(28)26(2)17-4-3-9-27(13-17)19-8-6-16(11-22)24-25-19/h5-8,10,17H,3-4,9,12-13H2,1-2H3,(H,23,28). The SMILES string of the molecule is Cc1cc(CNC(=O)N(C)C2CCCN(c3ccc(C#N)nn3)C2)ccc1Cl. The summed E-state index contributed by atoms with van der Waals surface area (Å²) in [5.74, 6) is 0.731. The number of hydrogen-bond acceptors (Lipinski definition) is 5. The molecule has 1 fully saturated rings. The van der Waals surface area contributed by atoms with Crippen molar-refractivity contribution >= 4 is 23.4 Å². The number of carbonyl (C=O) groups is 1. The van der Waals surface area contributed by atoms with Crippen molar-refractivity contribution < 1.29 is 4.79 Å². The van der Waals surface area contributed by atoms with Crippen molar-refractivity contribution in [3.8, 4) is 6.07 Å². The van der Waals surface area contributed by atoms with Gasteiger partial charge in [-0.05, 0) is 49.1 Å². The minimum atomic E-state index is -0.106. The van der Waals surface area contributed by atoms with Gasteiger partial charge in [0, 0.05) is 31.7 Å². The Bertz CT molecular complexity index is 879. The van der Waals surface area contributed by atoms with Gasteiger partial charge in [-0.1, -0.05) is 23.7 Å². The number of benzene rings is 1. The molecule has 146 valence electrons. The van der Waals surface area contributed by atoms with Crippen molar-refractivity contribution in [3.63, 3.8) is 0 Å². The lowest BCUT2D eigenvalue weighted by Crippen LogP contribution is -2.51. The van der Waals surface area contributed by atoms with Gasteiger partial charge in [0.2, 0.25) is 0 Å². The van der Waals surface area contributed by atoms with Crippen LogP contribution in [0, 0.1) is 18.3 Å². The minimum Gasteiger partial charge on any atom is -0.353 e. The second-order valence-electron chi connectivity index (χ2n) is 6.98. The molecular weight excluding hydrogens is 376 g/mol. The molecule has 1 unspecified atom stereocenters. The molecule has 1 aromatic heterocycles. The summed E-state index contributed by atoms with van der Waals surface area (Å²) < 4.78 is 0. The third kappa shape index (κ3) is 4.70. The molecular formula is C20H23ClN6O. The number of anilines is 1. The fourth-order valence-corrected chi connectivity index (χ4v) is 3.43. The predicted molar refractivity (Wildman–Crippen MR) is 108 cm³/mol. The Morgan fingerprint density at radius 3 is 2.89 bits per heavy atom. The number of nitriles is 1. The van der Waals surface area contributed by atoms with Crippen molar-refractivity contribution in [1.82, 2.24) is 20.4 Å². The molecule has 8 heteroatoms. The highest BCUT2D eigenvalue weighted by Gasteiger charge is 2.27. The fourth-order valence-electron chi connectivity index (χ4n) is 3.32. The van der Waals surface area contributed by atoms with E-state index in [4.69, 9.17) is 16.9 Å². The molecule has 2 heterocycles. The Balaban J connectivity index is 1.57. The number of nitrogens with zero attached hydrogens (tertiary/aromatic N) is 5. The van der Waals surface area contributed by atoms with E-state index in [0.29, 0.717) is 18.8 Å². The molecule has 0 saturated carbocycles. The van der Waals surface area contributed by atoms with Crippen molar-refractivity contribution in [2.75, 3.05) is 25.0 Å². The molecule has 2 aromatic rings. The molecule has 28 heavy (non-hydrogen) atoms. The van der Waals surface area contributed by atoms with Crippen molar-refractivity contribution in [2.45, 2.75) is 32.4 Å². The van der Waals surface area contributed by atoms with Gasteiger partial charge in [-0.3, -0.25) is 0 Å². The first-order valence-corrected chi connectivity index (χ1v) is 9.60. The second kappa shape index (κ2) is 8.89. The van der Waals surface area contributed by atoms with Crippen LogP contribution in [0.4, 0.5) is 10.6 Å². The Labute approximate surface area is 169 Å². The maximum absolute atomic E-state index is 12.6. The molecule has 1 atom stereocenters. The van der Waals surface area contributed by atoms with Crippen LogP contribution in [-0.2, 0) is 6.54 Å². The summed E-state index contributed by atoms with van der Waals surface area (Å²) >= 11 is 6.05. The van der Waals surface area contributed by atoms with Gasteiger partial charge in [-0.15, -0.1) is 10.2 Å². The van der Waals surface area contributed by atoms with E-state index >= 15 is 0 Å². The lowest BCUT2D eigenvalue weighted by atomic mass is 10.0. The highest BCUT2D eigenvalue weighted by Crippen LogP contribution is 2.20. The number of nitrogens with one attached hydrogen (secondary N) is 1. The molecule has 1 aromatic carbocycles. The van der Waals surface area contributed by atoms with E-state index in [2.05, 4.69) is 20.4 Å². The normalized spacial score (nSPS) is 16.4. The molecule has 3 rings (SSSR count). The summed E-state index contributed by atoms with van der Waals surface area (Å²) in [4.78, 5) is 16.5. The van der Waals surface area contributed by atoms with Crippen molar-refractivity contribution in [2.24, 2.45) is 0 Å². The smallest absolute Gasteiger partial charge is 0.317 e. The quantitative estimate of drug-likeness (QED) is 0.855. The predicted octanol–water partition coefficient (Wildman–Crippen LogP) is 3.12. The van der Waals surface area contributed by atoms with Crippen LogP contribution < -0.4 is 10.2 Å². The van der Waals surface area contributed by atoms with Crippen LogP contribution in [-0.4, -0.2) is 47.3 Å². The fraction of sp³-hybridized carbons (Fsp3) is 0.400. The van der Waals surface area contributed by atoms with Gasteiger partial charge >= 0.3 is 6.03 Å². The maximum Gasteiger partial charge on any atom is 0.317 e. The zero-order valence-corrected chi connectivity index (χ0v) is 16.8. The lowest BCUT2D eigenvalue weighted by molar-refractivity contribution is 0.182. The number of likely N-dealkylation sites (N-methyl/N-ethyl adjacent to an activating group) is 1. The number of hydrogen-bond donors (Lipinski definition) is 1. The Morgan fingerprint density at radius 1 is 1.39 bits per heavy atom. The van der Waals surface area contributed by atoms with E-state index in [1.165, 1.54) is 0 Å². The van der Waals surface area contributed by atoms with Gasteiger partial charge in [-0.25, -0.2) is 4.79 Å². The van der Waals surface area contributed by atoms with E-state index < -0.39 is 0 Å². The van der Waals surface area contributed by atoms with Crippen LogP contribution in [0.25, 0.3) is 0 Å². The third-order valence-electron chi connectivity index (χ3n) is 5.02. The zero-order chi connectivity index (χ0) is 20.1. The minimum absolute atomic E-state index is 0.0816. The number of urea groups is 1. The van der Waals surface area contributed by atoms with E-state index in [-0.39, 0.29) is 12.1 Å². The Hall–Kier alpha value is -2.85. The van der Waals surface area contributed by atoms with Crippen LogP contribution in [0.2, 0.25) is 5.02 Å². The van der Waals surface area contributed by atoms with Gasteiger partial charge in [0.05, 0.1) is 6.04 Å². The molecule has 2 amide bonds. The van der Waals surface area contributed by atoms with Gasteiger partial charge in [0.1, 0.15) is 6.07 Å². The first-order valence-electron chi connectivity index (χ1n) is 9.22. The summed E-state index contributed by atoms with van der Waals surface area (Å²) in [6, 6.07) is 11.2. The molecule has 0 bridgehead atoms. The van der Waals surface area contributed by atoms with E-state index in [9.17, 15) is 4.79 Å². The molecule has 0 radical (unpaired) electrons. The summed E-state index contributed by atoms with van der Waals surface area (Å²) in [5, 5.41) is 20.6. The molecule has 1 N–H and O–H groups in total. The lowest BCUT2D eigenvalue weighted by Gasteiger charge is -2.38. The number of halogens is 1. The second-order valence-corrected chi connectivity index (χ2v) is 7.39. The number of piperidine rings is 1. The topological polar surface area (TPSA) is 85.2 Å². The summed E-state index contributed by atoms with van der Waals surface area (Å²) in [5.41, 5.74) is 2.31. The van der Waals surface area contributed by atoms with E-state index in [1.807, 2.05) is 38.2 Å². The number of rotatable bonds is 4. The highest BCUT2D eigenvalue weighted by atomic mass is 35.5. The highest BCUT2D eigenvalue weighted by molar-refractivity contribution is 6.31. The molecule has 7 nitrogen and oxygen atoms in total. The molecule has 0 spiro atoms. The van der Waals surface area contributed by atoms with Gasteiger partial charge in [-0.2, -0.15) is 5.26 Å². The van der Waals surface area contributed by atoms with Crippen LogP contribution in [0.1, 0.15) is 29.7 Å². The van der Waals surface area contributed by atoms with Crippen LogP contribution in [0.3, 0.4) is 0 Å². The molecule has 1 aliphatic heterocycles. The Morgan fingerprint density at radius 2 is 2.21 bits per heavy atom. The van der Waals surface area contributed by atoms with Gasteiger partial charge < -0.3 is 15.1 Å². The van der Waals surface area contributed by atoms with Gasteiger partial charge in [0.25, 0.3) is 0 Å². The molecule has 0 aliphatic carbocycles. The van der Waals surface area contributed by atoms with E-state index in [0.717, 1.165) is 41.4 Å². The van der Waals surface area contributed by atoms with Crippen LogP contribution in [0.15, 0.2) is 30.3 Å². The largest absolute Gasteiger partial charge is 0.353 e.